The maximum absolute atomic E-state index is 12.6. The zero-order valence-corrected chi connectivity index (χ0v) is 19.1. The molecule has 3 amide bonds. The summed E-state index contributed by atoms with van der Waals surface area (Å²) in [7, 11) is 0. The summed E-state index contributed by atoms with van der Waals surface area (Å²) in [5.74, 6) is -0.282. The first-order valence-corrected chi connectivity index (χ1v) is 9.73. The van der Waals surface area contributed by atoms with E-state index in [2.05, 4.69) is 10.2 Å². The number of carbonyl (C=O) groups is 3. The van der Waals surface area contributed by atoms with E-state index >= 15 is 0 Å². The molecule has 11 heteroatoms. The quantitative estimate of drug-likeness (QED) is 0.549. The third kappa shape index (κ3) is 7.90. The first-order chi connectivity index (χ1) is 12.8. The van der Waals surface area contributed by atoms with Crippen LogP contribution in [-0.2, 0) is 19.1 Å². The topological polar surface area (TPSA) is 108 Å². The molecule has 2 heterocycles. The third-order valence-electron chi connectivity index (χ3n) is 5.33. The van der Waals surface area contributed by atoms with Gasteiger partial charge in [-0.25, -0.2) is 0 Å². The molecule has 0 bridgehead atoms. The van der Waals surface area contributed by atoms with Gasteiger partial charge in [0.2, 0.25) is 17.7 Å². The molecule has 0 aromatic heterocycles. The van der Waals surface area contributed by atoms with Crippen molar-refractivity contribution in [3.8, 4) is 0 Å². The number of piperazine rings is 1. The van der Waals surface area contributed by atoms with Crippen LogP contribution in [0.3, 0.4) is 0 Å². The van der Waals surface area contributed by atoms with E-state index in [-0.39, 0.29) is 61.0 Å². The molecule has 2 atom stereocenters. The first-order valence-electron chi connectivity index (χ1n) is 9.73. The fourth-order valence-electron chi connectivity index (χ4n) is 3.26. The Balaban J connectivity index is 0.00000392. The minimum atomic E-state index is -0.610. The van der Waals surface area contributed by atoms with E-state index in [0.717, 1.165) is 0 Å². The van der Waals surface area contributed by atoms with Gasteiger partial charge >= 0.3 is 0 Å². The summed E-state index contributed by atoms with van der Waals surface area (Å²) < 4.78 is 5.29. The SMILES string of the molecule is CC(C)[C@H](N)C(=O)NCC(=O)N1CCN(C(C)C(=O)N2CCOCC2)CC1.Cl.Cl. The van der Waals surface area contributed by atoms with Crippen molar-refractivity contribution < 1.29 is 19.1 Å². The van der Waals surface area contributed by atoms with Crippen molar-refractivity contribution in [2.45, 2.75) is 32.9 Å². The molecule has 1 unspecified atom stereocenters. The Morgan fingerprint density at radius 3 is 2.00 bits per heavy atom. The van der Waals surface area contributed by atoms with Gasteiger partial charge in [-0.05, 0) is 12.8 Å². The molecular weight excluding hydrogens is 421 g/mol. The highest BCUT2D eigenvalue weighted by Crippen LogP contribution is 2.10. The van der Waals surface area contributed by atoms with Crippen LogP contribution in [0.1, 0.15) is 20.8 Å². The lowest BCUT2D eigenvalue weighted by molar-refractivity contribution is -0.142. The minimum absolute atomic E-state index is 0. The van der Waals surface area contributed by atoms with E-state index in [0.29, 0.717) is 52.5 Å². The zero-order chi connectivity index (χ0) is 20.0. The highest BCUT2D eigenvalue weighted by molar-refractivity contribution is 5.87. The highest BCUT2D eigenvalue weighted by atomic mass is 35.5. The number of rotatable bonds is 6. The van der Waals surface area contributed by atoms with Crippen molar-refractivity contribution in [2.24, 2.45) is 11.7 Å². The molecule has 0 radical (unpaired) electrons. The highest BCUT2D eigenvalue weighted by Gasteiger charge is 2.30. The second kappa shape index (κ2) is 13.2. The van der Waals surface area contributed by atoms with Gasteiger partial charge in [0.05, 0.1) is 31.8 Å². The maximum atomic E-state index is 12.6. The Morgan fingerprint density at radius 1 is 0.931 bits per heavy atom. The Labute approximate surface area is 185 Å². The molecule has 0 aliphatic carbocycles. The van der Waals surface area contributed by atoms with Crippen LogP contribution in [0.25, 0.3) is 0 Å². The van der Waals surface area contributed by atoms with Gasteiger partial charge in [-0.2, -0.15) is 0 Å². The Hall–Kier alpha value is -1.13. The molecule has 3 N–H and O–H groups in total. The zero-order valence-electron chi connectivity index (χ0n) is 17.5. The summed E-state index contributed by atoms with van der Waals surface area (Å²) in [6, 6.07) is -0.814. The summed E-state index contributed by atoms with van der Waals surface area (Å²) in [5.41, 5.74) is 5.78. The smallest absolute Gasteiger partial charge is 0.242 e. The fraction of sp³-hybridized carbons (Fsp3) is 0.833. The van der Waals surface area contributed by atoms with Crippen LogP contribution in [0, 0.1) is 5.92 Å². The van der Waals surface area contributed by atoms with Gasteiger partial charge in [-0.1, -0.05) is 13.8 Å². The van der Waals surface area contributed by atoms with E-state index in [1.165, 1.54) is 0 Å². The summed E-state index contributed by atoms with van der Waals surface area (Å²) >= 11 is 0. The molecule has 0 spiro atoms. The molecule has 29 heavy (non-hydrogen) atoms. The lowest BCUT2D eigenvalue weighted by Crippen LogP contribution is -2.57. The van der Waals surface area contributed by atoms with Crippen molar-refractivity contribution in [3.63, 3.8) is 0 Å². The van der Waals surface area contributed by atoms with E-state index in [4.69, 9.17) is 10.5 Å². The van der Waals surface area contributed by atoms with Crippen LogP contribution in [0.4, 0.5) is 0 Å². The van der Waals surface area contributed by atoms with Gasteiger partial charge in [0, 0.05) is 39.3 Å². The van der Waals surface area contributed by atoms with E-state index in [1.54, 1.807) is 4.90 Å². The van der Waals surface area contributed by atoms with Gasteiger partial charge in [-0.15, -0.1) is 24.8 Å². The largest absolute Gasteiger partial charge is 0.378 e. The molecule has 2 fully saturated rings. The number of carbonyl (C=O) groups excluding carboxylic acids is 3. The van der Waals surface area contributed by atoms with Crippen molar-refractivity contribution in [2.75, 3.05) is 59.0 Å². The Bertz CT molecular complexity index is 538. The standard InChI is InChI=1S/C18H33N5O4.2ClH/c1-13(2)16(19)17(25)20-12-15(24)22-6-4-21(5-7-22)14(3)18(26)23-8-10-27-11-9-23;;/h13-14,16H,4-12,19H2,1-3H3,(H,20,25);2*1H/t14?,16-;;/m0../s1. The number of morpholine rings is 1. The number of amides is 3. The number of hydrogen-bond donors (Lipinski definition) is 2. The molecule has 2 aliphatic heterocycles. The molecule has 0 saturated carbocycles. The van der Waals surface area contributed by atoms with Crippen LogP contribution >= 0.6 is 24.8 Å². The molecule has 0 aromatic carbocycles. The Kier molecular flexibility index (Phi) is 12.7. The van der Waals surface area contributed by atoms with E-state index < -0.39 is 6.04 Å². The number of halogens is 2. The Morgan fingerprint density at radius 2 is 1.48 bits per heavy atom. The van der Waals surface area contributed by atoms with Crippen molar-refractivity contribution >= 4 is 42.5 Å². The number of nitrogens with two attached hydrogens (primary N) is 1. The van der Waals surface area contributed by atoms with Crippen LogP contribution in [0.5, 0.6) is 0 Å². The molecule has 2 aliphatic rings. The fourth-order valence-corrected chi connectivity index (χ4v) is 3.26. The second-order valence-corrected chi connectivity index (χ2v) is 7.52. The predicted molar refractivity (Wildman–Crippen MR) is 115 cm³/mol. The number of nitrogens with one attached hydrogen (secondary N) is 1. The molecule has 9 nitrogen and oxygen atoms in total. The van der Waals surface area contributed by atoms with E-state index in [9.17, 15) is 14.4 Å². The summed E-state index contributed by atoms with van der Waals surface area (Å²) in [6.45, 7) is 10.4. The normalized spacial score (nSPS) is 19.6. The molecule has 170 valence electrons. The molecular formula is C18H35Cl2N5O4. The number of hydrogen-bond acceptors (Lipinski definition) is 6. The van der Waals surface area contributed by atoms with Crippen molar-refractivity contribution in [3.05, 3.63) is 0 Å². The van der Waals surface area contributed by atoms with Gasteiger partial charge in [0.15, 0.2) is 0 Å². The second-order valence-electron chi connectivity index (χ2n) is 7.52. The van der Waals surface area contributed by atoms with Gasteiger partial charge in [0.1, 0.15) is 0 Å². The summed E-state index contributed by atoms with van der Waals surface area (Å²) in [4.78, 5) is 42.5. The van der Waals surface area contributed by atoms with E-state index in [1.807, 2.05) is 25.7 Å². The summed E-state index contributed by atoms with van der Waals surface area (Å²) in [5, 5.41) is 2.61. The first kappa shape index (κ1) is 27.9. The summed E-state index contributed by atoms with van der Waals surface area (Å²) in [6.07, 6.45) is 0. The average Bonchev–Trinajstić information content (AvgIpc) is 2.70. The van der Waals surface area contributed by atoms with Crippen LogP contribution in [-0.4, -0.2) is 104 Å². The average molecular weight is 456 g/mol. The maximum Gasteiger partial charge on any atom is 0.242 e. The molecule has 2 rings (SSSR count). The van der Waals surface area contributed by atoms with Gasteiger partial charge < -0.3 is 25.6 Å². The van der Waals surface area contributed by atoms with Crippen molar-refractivity contribution in [1.82, 2.24) is 20.0 Å². The van der Waals surface area contributed by atoms with Crippen molar-refractivity contribution in [1.29, 1.82) is 0 Å². The lowest BCUT2D eigenvalue weighted by atomic mass is 10.1. The number of ether oxygens (including phenoxy) is 1. The van der Waals surface area contributed by atoms with Gasteiger partial charge in [0.25, 0.3) is 0 Å². The monoisotopic (exact) mass is 455 g/mol. The minimum Gasteiger partial charge on any atom is -0.378 e. The lowest BCUT2D eigenvalue weighted by Gasteiger charge is -2.39. The molecule has 0 aromatic rings. The van der Waals surface area contributed by atoms with Crippen LogP contribution in [0.2, 0.25) is 0 Å². The number of nitrogens with zero attached hydrogens (tertiary/aromatic N) is 3. The van der Waals surface area contributed by atoms with Gasteiger partial charge in [-0.3, -0.25) is 19.3 Å². The van der Waals surface area contributed by atoms with Crippen LogP contribution in [0.15, 0.2) is 0 Å². The van der Waals surface area contributed by atoms with Crippen LogP contribution < -0.4 is 11.1 Å². The molecule has 2 saturated heterocycles. The predicted octanol–water partition coefficient (Wildman–Crippen LogP) is -0.679. The third-order valence-corrected chi connectivity index (χ3v) is 5.33.